The molecule has 1 N–H and O–H groups in total. The van der Waals surface area contributed by atoms with E-state index in [9.17, 15) is 4.39 Å². The van der Waals surface area contributed by atoms with E-state index in [0.29, 0.717) is 16.9 Å². The molecule has 16 heavy (non-hydrogen) atoms. The van der Waals surface area contributed by atoms with E-state index in [1.54, 1.807) is 12.3 Å². The molecule has 2 heterocycles. The summed E-state index contributed by atoms with van der Waals surface area (Å²) in [5.74, 6) is 0.368. The van der Waals surface area contributed by atoms with Gasteiger partial charge in [0.15, 0.2) is 5.82 Å². The molecule has 0 fully saturated rings. The first-order valence-electron chi connectivity index (χ1n) is 4.81. The van der Waals surface area contributed by atoms with Crippen LogP contribution in [0, 0.1) is 12.7 Å². The predicted octanol–water partition coefficient (Wildman–Crippen LogP) is 3.13. The Morgan fingerprint density at radius 2 is 2.25 bits per heavy atom. The number of aromatic amines is 1. The lowest BCUT2D eigenvalue weighted by atomic mass is 10.3. The van der Waals surface area contributed by atoms with Crippen molar-refractivity contribution in [2.45, 2.75) is 6.92 Å². The molecular formula is C11H8FN3S. The van der Waals surface area contributed by atoms with Crippen LogP contribution in [0.4, 0.5) is 4.39 Å². The number of hydrogen-bond donors (Lipinski definition) is 1. The first-order valence-corrected chi connectivity index (χ1v) is 5.63. The molecule has 5 heteroatoms. The number of rotatable bonds is 1. The molecule has 0 aliphatic heterocycles. The number of H-pyrrole nitrogens is 1. The maximum absolute atomic E-state index is 13.4. The van der Waals surface area contributed by atoms with Crippen LogP contribution in [0.15, 0.2) is 24.4 Å². The van der Waals surface area contributed by atoms with Crippen LogP contribution in [0.25, 0.3) is 21.7 Å². The minimum atomic E-state index is -0.304. The van der Waals surface area contributed by atoms with Gasteiger partial charge in [-0.15, -0.1) is 11.3 Å². The Morgan fingerprint density at radius 1 is 1.38 bits per heavy atom. The number of aryl methyl sites for hydroxylation is 1. The van der Waals surface area contributed by atoms with E-state index in [2.05, 4.69) is 15.0 Å². The molecule has 0 aliphatic rings. The first kappa shape index (κ1) is 9.47. The van der Waals surface area contributed by atoms with Crippen molar-refractivity contribution in [3.05, 3.63) is 35.2 Å². The highest BCUT2D eigenvalue weighted by molar-refractivity contribution is 7.14. The molecule has 0 radical (unpaired) electrons. The van der Waals surface area contributed by atoms with Crippen LogP contribution in [0.1, 0.15) is 5.01 Å². The van der Waals surface area contributed by atoms with Crippen molar-refractivity contribution in [1.29, 1.82) is 0 Å². The van der Waals surface area contributed by atoms with Gasteiger partial charge in [-0.1, -0.05) is 6.07 Å². The second-order valence-corrected chi connectivity index (χ2v) is 4.70. The number of benzene rings is 1. The van der Waals surface area contributed by atoms with Gasteiger partial charge in [-0.2, -0.15) is 0 Å². The van der Waals surface area contributed by atoms with E-state index >= 15 is 0 Å². The Bertz CT molecular complexity index is 656. The molecule has 80 valence electrons. The third-order valence-electron chi connectivity index (χ3n) is 2.32. The Morgan fingerprint density at radius 3 is 2.94 bits per heavy atom. The molecule has 0 saturated carbocycles. The number of hydrogen-bond acceptors (Lipinski definition) is 3. The summed E-state index contributed by atoms with van der Waals surface area (Å²) in [6.07, 6.45) is 1.75. The summed E-state index contributed by atoms with van der Waals surface area (Å²) in [4.78, 5) is 12.4. The van der Waals surface area contributed by atoms with Crippen LogP contribution in [0.3, 0.4) is 0 Å². The number of aromatic nitrogens is 3. The van der Waals surface area contributed by atoms with E-state index < -0.39 is 0 Å². The Balaban J connectivity index is 2.22. The van der Waals surface area contributed by atoms with Crippen molar-refractivity contribution in [1.82, 2.24) is 15.0 Å². The van der Waals surface area contributed by atoms with Crippen molar-refractivity contribution in [3.63, 3.8) is 0 Å². The molecule has 0 saturated heterocycles. The van der Waals surface area contributed by atoms with Crippen molar-refractivity contribution in [2.75, 3.05) is 0 Å². The first-order chi connectivity index (χ1) is 7.74. The van der Waals surface area contributed by atoms with E-state index in [4.69, 9.17) is 0 Å². The lowest BCUT2D eigenvalue weighted by Crippen LogP contribution is -1.75. The molecule has 0 aliphatic carbocycles. The van der Waals surface area contributed by atoms with Gasteiger partial charge in [0, 0.05) is 6.20 Å². The lowest BCUT2D eigenvalue weighted by Gasteiger charge is -1.86. The highest BCUT2D eigenvalue weighted by Crippen LogP contribution is 2.26. The summed E-state index contributed by atoms with van der Waals surface area (Å²) in [6, 6.07) is 4.88. The smallest absolute Gasteiger partial charge is 0.151 e. The maximum atomic E-state index is 13.4. The van der Waals surface area contributed by atoms with Gasteiger partial charge in [-0.05, 0) is 19.1 Å². The van der Waals surface area contributed by atoms with Gasteiger partial charge < -0.3 is 4.98 Å². The number of nitrogens with one attached hydrogen (secondary N) is 1. The molecule has 3 aromatic rings. The van der Waals surface area contributed by atoms with Gasteiger partial charge in [0.1, 0.15) is 11.3 Å². The summed E-state index contributed by atoms with van der Waals surface area (Å²) in [5.41, 5.74) is 1.09. The Kier molecular flexibility index (Phi) is 2.00. The quantitative estimate of drug-likeness (QED) is 0.701. The number of fused-ring (bicyclic) bond motifs is 1. The van der Waals surface area contributed by atoms with Crippen molar-refractivity contribution >= 4 is 22.4 Å². The standard InChI is InChI=1S/C11H8FN3S/c1-6-13-5-9(16-6)11-14-8-4-2-3-7(12)10(8)15-11/h2-5H,1H3,(H,14,15). The van der Waals surface area contributed by atoms with Crippen LogP contribution < -0.4 is 0 Å². The predicted molar refractivity (Wildman–Crippen MR) is 61.9 cm³/mol. The molecule has 0 atom stereocenters. The van der Waals surface area contributed by atoms with Crippen molar-refractivity contribution in [2.24, 2.45) is 0 Å². The second-order valence-electron chi connectivity index (χ2n) is 3.46. The summed E-state index contributed by atoms with van der Waals surface area (Å²) in [5, 5.41) is 0.968. The number of thiazole rings is 1. The Labute approximate surface area is 95.0 Å². The molecular weight excluding hydrogens is 225 g/mol. The third-order valence-corrected chi connectivity index (χ3v) is 3.24. The van der Waals surface area contributed by atoms with Gasteiger partial charge in [-0.25, -0.2) is 14.4 Å². The van der Waals surface area contributed by atoms with Crippen LogP contribution in [-0.4, -0.2) is 15.0 Å². The average Bonchev–Trinajstić information content (AvgIpc) is 2.84. The van der Waals surface area contributed by atoms with Gasteiger partial charge in [-0.3, -0.25) is 0 Å². The molecule has 3 rings (SSSR count). The number of halogens is 1. The molecule has 0 spiro atoms. The second kappa shape index (κ2) is 3.38. The topological polar surface area (TPSA) is 41.6 Å². The van der Waals surface area contributed by atoms with Gasteiger partial charge >= 0.3 is 0 Å². The summed E-state index contributed by atoms with van der Waals surface area (Å²) in [6.45, 7) is 1.93. The summed E-state index contributed by atoms with van der Waals surface area (Å²) < 4.78 is 13.4. The normalized spacial score (nSPS) is 11.1. The highest BCUT2D eigenvalue weighted by Gasteiger charge is 2.10. The van der Waals surface area contributed by atoms with Gasteiger partial charge in [0.25, 0.3) is 0 Å². The molecule has 0 bridgehead atoms. The van der Waals surface area contributed by atoms with Crippen LogP contribution >= 0.6 is 11.3 Å². The largest absolute Gasteiger partial charge is 0.337 e. The third kappa shape index (κ3) is 1.40. The molecule has 1 aromatic carbocycles. The zero-order valence-corrected chi connectivity index (χ0v) is 9.31. The number of imidazole rings is 1. The van der Waals surface area contributed by atoms with Gasteiger partial charge in [0.05, 0.1) is 15.4 Å². The SMILES string of the molecule is Cc1ncc(-c2nc3c(F)cccc3[nH]2)s1. The van der Waals surface area contributed by atoms with Crippen molar-refractivity contribution < 1.29 is 4.39 Å². The zero-order valence-electron chi connectivity index (χ0n) is 8.49. The van der Waals surface area contributed by atoms with Crippen molar-refractivity contribution in [3.8, 4) is 10.7 Å². The average molecular weight is 233 g/mol. The van der Waals surface area contributed by atoms with Crippen LogP contribution in [-0.2, 0) is 0 Å². The van der Waals surface area contributed by atoms with Crippen LogP contribution in [0.2, 0.25) is 0 Å². The fourth-order valence-corrected chi connectivity index (χ4v) is 2.31. The van der Waals surface area contributed by atoms with Gasteiger partial charge in [0.2, 0.25) is 0 Å². The fraction of sp³-hybridized carbons (Fsp3) is 0.0909. The van der Waals surface area contributed by atoms with E-state index in [1.165, 1.54) is 17.4 Å². The molecule has 0 unspecified atom stereocenters. The number of para-hydroxylation sites is 1. The van der Waals surface area contributed by atoms with Crippen LogP contribution in [0.5, 0.6) is 0 Å². The Hall–Kier alpha value is -1.75. The molecule has 0 amide bonds. The lowest BCUT2D eigenvalue weighted by molar-refractivity contribution is 0.637. The zero-order chi connectivity index (χ0) is 11.1. The van der Waals surface area contributed by atoms with E-state index in [0.717, 1.165) is 9.88 Å². The van der Waals surface area contributed by atoms with E-state index in [1.807, 2.05) is 13.0 Å². The summed E-state index contributed by atoms with van der Waals surface area (Å²) in [7, 11) is 0. The minimum absolute atomic E-state index is 0.304. The monoisotopic (exact) mass is 233 g/mol. The molecule has 2 aromatic heterocycles. The maximum Gasteiger partial charge on any atom is 0.151 e. The molecule has 3 nitrogen and oxygen atoms in total. The summed E-state index contributed by atoms with van der Waals surface area (Å²) >= 11 is 1.53. The number of nitrogens with zero attached hydrogens (tertiary/aromatic N) is 2. The van der Waals surface area contributed by atoms with E-state index in [-0.39, 0.29) is 5.82 Å². The fourth-order valence-electron chi connectivity index (χ4n) is 1.58. The highest BCUT2D eigenvalue weighted by atomic mass is 32.1. The minimum Gasteiger partial charge on any atom is -0.337 e.